The lowest BCUT2D eigenvalue weighted by atomic mass is 10.1. The first-order valence-electron chi connectivity index (χ1n) is 12.3. The van der Waals surface area contributed by atoms with Gasteiger partial charge in [0.1, 0.15) is 0 Å². The summed E-state index contributed by atoms with van der Waals surface area (Å²) >= 11 is 13.1. The predicted molar refractivity (Wildman–Crippen MR) is 136 cm³/mol. The summed E-state index contributed by atoms with van der Waals surface area (Å²) in [5.74, 6) is 0. The molecule has 0 spiro atoms. The van der Waals surface area contributed by atoms with E-state index in [4.69, 9.17) is 23.2 Å². The van der Waals surface area contributed by atoms with Crippen molar-refractivity contribution in [3.05, 3.63) is 58.3 Å². The Morgan fingerprint density at radius 1 is 0.806 bits per heavy atom. The Morgan fingerprint density at radius 2 is 1.45 bits per heavy atom. The van der Waals surface area contributed by atoms with Gasteiger partial charge in [-0.2, -0.15) is 0 Å². The summed E-state index contributed by atoms with van der Waals surface area (Å²) in [5, 5.41) is 4.13. The van der Waals surface area contributed by atoms with Gasteiger partial charge in [0.15, 0.2) is 11.8 Å². The highest BCUT2D eigenvalue weighted by Crippen LogP contribution is 2.21. The quantitative estimate of drug-likeness (QED) is 0.233. The van der Waals surface area contributed by atoms with Gasteiger partial charge in [0.2, 0.25) is 5.16 Å². The van der Waals surface area contributed by atoms with E-state index < -0.39 is 0 Å². The molecule has 1 N–H and O–H groups in total. The number of nitrogens with zero attached hydrogens (tertiary/aromatic N) is 1. The van der Waals surface area contributed by atoms with Gasteiger partial charge in [0.25, 0.3) is 0 Å². The third-order valence-electron chi connectivity index (χ3n) is 6.47. The molecule has 31 heavy (non-hydrogen) atoms. The molecule has 0 amide bonds. The molecule has 1 atom stereocenters. The molecule has 1 aliphatic rings. The summed E-state index contributed by atoms with van der Waals surface area (Å²) in [6.07, 6.45) is 14.6. The van der Waals surface area contributed by atoms with Crippen LogP contribution in [-0.2, 0) is 6.42 Å². The molecular formula is C27H39Cl2N2+. The first-order chi connectivity index (χ1) is 15.2. The van der Waals surface area contributed by atoms with Crippen LogP contribution in [0.5, 0.6) is 0 Å². The highest BCUT2D eigenvalue weighted by atomic mass is 35.5. The maximum Gasteiger partial charge on any atom is 0.237 e. The molecule has 2 aromatic carbocycles. The summed E-state index contributed by atoms with van der Waals surface area (Å²) in [6.45, 7) is 5.16. The number of quaternary nitrogens is 1. The van der Waals surface area contributed by atoms with Crippen molar-refractivity contribution in [2.24, 2.45) is 0 Å². The Morgan fingerprint density at radius 3 is 2.16 bits per heavy atom. The molecule has 2 aromatic rings. The molecule has 0 saturated heterocycles. The van der Waals surface area contributed by atoms with Crippen LogP contribution in [0.15, 0.2) is 52.8 Å². The topological polar surface area (TPSA) is 7.68 Å². The van der Waals surface area contributed by atoms with Crippen LogP contribution < -0.4 is 4.90 Å². The van der Waals surface area contributed by atoms with Gasteiger partial charge in [0.05, 0.1) is 6.54 Å². The van der Waals surface area contributed by atoms with Crippen molar-refractivity contribution < 1.29 is 4.90 Å². The summed E-state index contributed by atoms with van der Waals surface area (Å²) in [7, 11) is 0. The van der Waals surface area contributed by atoms with Crippen molar-refractivity contribution >= 4 is 34.0 Å². The molecule has 1 aliphatic heterocycles. The number of hydrogen-bond donors (Lipinski definition) is 1. The fraction of sp³-hybridized carbons (Fsp3) is 0.556. The summed E-state index contributed by atoms with van der Waals surface area (Å²) in [4.78, 5) is 3.56. The van der Waals surface area contributed by atoms with Crippen molar-refractivity contribution in [2.45, 2.75) is 77.6 Å². The van der Waals surface area contributed by atoms with Crippen molar-refractivity contribution in [3.8, 4) is 0 Å². The van der Waals surface area contributed by atoms with Gasteiger partial charge >= 0.3 is 0 Å². The number of hydrogen-bond acceptors (Lipinski definition) is 1. The van der Waals surface area contributed by atoms with Gasteiger partial charge in [0, 0.05) is 6.54 Å². The van der Waals surface area contributed by atoms with Gasteiger partial charge in [-0.05, 0) is 47.2 Å². The van der Waals surface area contributed by atoms with Crippen molar-refractivity contribution in [2.75, 3.05) is 19.8 Å². The van der Waals surface area contributed by atoms with E-state index >= 15 is 0 Å². The molecule has 0 fully saturated rings. The molecule has 0 saturated carbocycles. The van der Waals surface area contributed by atoms with Crippen LogP contribution in [0.1, 0.15) is 76.7 Å². The van der Waals surface area contributed by atoms with Gasteiger partial charge in [-0.15, -0.1) is 0 Å². The number of fused-ring (bicyclic) bond motifs is 1. The zero-order valence-corrected chi connectivity index (χ0v) is 20.7. The third-order valence-corrected chi connectivity index (χ3v) is 7.44. The lowest BCUT2D eigenvalue weighted by molar-refractivity contribution is -0.855. The zero-order chi connectivity index (χ0) is 21.9. The van der Waals surface area contributed by atoms with Crippen LogP contribution in [0.3, 0.4) is 0 Å². The Kier molecular flexibility index (Phi) is 10.5. The Hall–Kier alpha value is -1.22. The average molecular weight is 463 g/mol. The largest absolute Gasteiger partial charge is 0.309 e. The summed E-state index contributed by atoms with van der Waals surface area (Å²) < 4.78 is 0. The maximum atomic E-state index is 6.58. The van der Waals surface area contributed by atoms with Gasteiger partial charge in [-0.3, -0.25) is 4.90 Å². The van der Waals surface area contributed by atoms with Gasteiger partial charge in [-0.1, -0.05) is 112 Å². The Balaban J connectivity index is 1.33. The average Bonchev–Trinajstić information content (AvgIpc) is 3.06. The predicted octanol–water partition coefficient (Wildman–Crippen LogP) is 7.07. The summed E-state index contributed by atoms with van der Waals surface area (Å²) in [5.41, 5.74) is 1.35. The molecule has 170 valence electrons. The van der Waals surface area contributed by atoms with Crippen molar-refractivity contribution in [1.82, 2.24) is 4.90 Å². The van der Waals surface area contributed by atoms with Crippen molar-refractivity contribution in [3.63, 3.8) is 0 Å². The van der Waals surface area contributed by atoms with Crippen LogP contribution in [0, 0.1) is 0 Å². The van der Waals surface area contributed by atoms with Crippen LogP contribution in [0.25, 0.3) is 10.8 Å². The highest BCUT2D eigenvalue weighted by Gasteiger charge is 2.31. The molecule has 2 nitrogen and oxygen atoms in total. The molecule has 1 unspecified atom stereocenters. The van der Waals surface area contributed by atoms with E-state index in [1.807, 2.05) is 0 Å². The summed E-state index contributed by atoms with van der Waals surface area (Å²) in [6, 6.07) is 15.3. The second-order valence-corrected chi connectivity index (χ2v) is 9.73. The molecular weight excluding hydrogens is 423 g/mol. The minimum atomic E-state index is 0.740. The van der Waals surface area contributed by atoms with Crippen LogP contribution in [-0.4, -0.2) is 24.7 Å². The minimum Gasteiger partial charge on any atom is -0.309 e. The molecule has 0 bridgehead atoms. The lowest BCUT2D eigenvalue weighted by Crippen LogP contribution is -3.09. The normalized spacial score (nSPS) is 16.6. The minimum absolute atomic E-state index is 0.740. The lowest BCUT2D eigenvalue weighted by Gasteiger charge is -2.18. The van der Waals surface area contributed by atoms with Gasteiger partial charge in [-0.25, -0.2) is 0 Å². The fourth-order valence-electron chi connectivity index (χ4n) is 4.50. The number of nitrogens with one attached hydrogen (secondary N) is 1. The smallest absolute Gasteiger partial charge is 0.237 e. The van der Waals surface area contributed by atoms with E-state index in [2.05, 4.69) is 54.3 Å². The number of rotatable bonds is 14. The highest BCUT2D eigenvalue weighted by molar-refractivity contribution is 6.37. The maximum absolute atomic E-state index is 6.58. The van der Waals surface area contributed by atoms with E-state index in [0.29, 0.717) is 0 Å². The standard InChI is InChI=1S/C27H38Cl2N2/c1-2-3-4-5-6-7-8-9-10-13-19-30-22-31(27(29)26(30)28)20-18-23-16-17-24-14-11-12-15-25(24)21-23/h11-12,14-17,21H,2-10,13,18-20,22H2,1H3/p+1. The molecule has 0 aliphatic carbocycles. The second-order valence-electron chi connectivity index (χ2n) is 8.99. The van der Waals surface area contributed by atoms with Crippen molar-refractivity contribution in [1.29, 1.82) is 0 Å². The molecule has 0 aromatic heterocycles. The van der Waals surface area contributed by atoms with Crippen LogP contribution in [0.4, 0.5) is 0 Å². The van der Waals surface area contributed by atoms with E-state index in [9.17, 15) is 0 Å². The molecule has 1 heterocycles. The van der Waals surface area contributed by atoms with Gasteiger partial charge < -0.3 is 4.90 Å². The number of unbranched alkanes of at least 4 members (excludes halogenated alkanes) is 9. The molecule has 4 heteroatoms. The van der Waals surface area contributed by atoms with Crippen LogP contribution in [0.2, 0.25) is 0 Å². The Bertz CT molecular complexity index is 833. The molecule has 3 rings (SSSR count). The van der Waals surface area contributed by atoms with E-state index in [1.54, 1.807) is 0 Å². The van der Waals surface area contributed by atoms with E-state index in [1.165, 1.54) is 85.4 Å². The first kappa shape index (κ1) is 24.4. The third kappa shape index (κ3) is 7.70. The Labute approximate surface area is 199 Å². The monoisotopic (exact) mass is 461 g/mol. The number of benzene rings is 2. The van der Waals surface area contributed by atoms with Crippen LogP contribution >= 0.6 is 23.2 Å². The zero-order valence-electron chi connectivity index (χ0n) is 19.1. The SMILES string of the molecule is CCCCCCCCCCCC[NH+]1CN(CCc2ccc3ccccc3c2)C(Cl)=C1Cl. The van der Waals surface area contributed by atoms with E-state index in [-0.39, 0.29) is 0 Å². The fourth-order valence-corrected chi connectivity index (χ4v) is 5.06. The number of halogens is 2. The van der Waals surface area contributed by atoms with E-state index in [0.717, 1.165) is 36.5 Å². The second kappa shape index (κ2) is 13.4. The first-order valence-corrected chi connectivity index (χ1v) is 13.1. The molecule has 0 radical (unpaired) electrons.